The van der Waals surface area contributed by atoms with Crippen LogP contribution in [-0.4, -0.2) is 47.6 Å². The van der Waals surface area contributed by atoms with Crippen LogP contribution in [-0.2, 0) is 16.6 Å². The molecule has 0 aromatic carbocycles. The van der Waals surface area contributed by atoms with Crippen molar-refractivity contribution in [2.45, 2.75) is 11.6 Å². The molecule has 0 bridgehead atoms. The minimum absolute atomic E-state index is 0.0403. The van der Waals surface area contributed by atoms with E-state index >= 15 is 0 Å². The summed E-state index contributed by atoms with van der Waals surface area (Å²) < 4.78 is 31.3. The van der Waals surface area contributed by atoms with Gasteiger partial charge in [-0.15, -0.1) is 0 Å². The van der Waals surface area contributed by atoms with E-state index in [-0.39, 0.29) is 5.09 Å². The highest BCUT2D eigenvalue weighted by atomic mass is 32.2. The summed E-state index contributed by atoms with van der Waals surface area (Å²) in [7, 11) is 2.01. The Balaban J connectivity index is 2.62. The van der Waals surface area contributed by atoms with Crippen LogP contribution in [0, 0.1) is 0 Å². The Morgan fingerprint density at radius 1 is 1.35 bits per heavy atom. The van der Waals surface area contributed by atoms with E-state index in [9.17, 15) is 8.42 Å². The first-order valence-electron chi connectivity index (χ1n) is 5.33. The van der Waals surface area contributed by atoms with E-state index in [0.717, 1.165) is 0 Å². The normalized spacial score (nSPS) is 12.2. The van der Waals surface area contributed by atoms with Gasteiger partial charge in [-0.2, -0.15) is 0 Å². The fraction of sp³-hybridized carbons (Fsp3) is 0.600. The van der Waals surface area contributed by atoms with Crippen LogP contribution >= 0.6 is 0 Å². The second-order valence-electron chi connectivity index (χ2n) is 3.95. The van der Waals surface area contributed by atoms with Crippen LogP contribution in [0.15, 0.2) is 21.6 Å². The van der Waals surface area contributed by atoms with E-state index in [4.69, 9.17) is 4.42 Å². The van der Waals surface area contributed by atoms with Crippen molar-refractivity contribution in [2.24, 2.45) is 0 Å². The van der Waals surface area contributed by atoms with Gasteiger partial charge < -0.3 is 14.6 Å². The largest absolute Gasteiger partial charge is 0.447 e. The minimum Gasteiger partial charge on any atom is -0.447 e. The SMILES string of the molecule is CNCc1ccc(S(=O)(=O)NCCN(C)C)o1. The number of sulfonamides is 1. The molecule has 0 aliphatic rings. The first-order valence-corrected chi connectivity index (χ1v) is 6.81. The average molecular weight is 261 g/mol. The lowest BCUT2D eigenvalue weighted by Gasteiger charge is -2.09. The minimum atomic E-state index is -3.52. The van der Waals surface area contributed by atoms with Gasteiger partial charge in [0.1, 0.15) is 5.76 Å². The smallest absolute Gasteiger partial charge is 0.274 e. The Morgan fingerprint density at radius 3 is 2.65 bits per heavy atom. The molecule has 2 N–H and O–H groups in total. The van der Waals surface area contributed by atoms with Gasteiger partial charge in [0.15, 0.2) is 0 Å². The number of rotatable bonds is 7. The molecule has 0 saturated heterocycles. The van der Waals surface area contributed by atoms with E-state index in [1.807, 2.05) is 19.0 Å². The third kappa shape index (κ3) is 4.47. The van der Waals surface area contributed by atoms with Crippen molar-refractivity contribution >= 4 is 10.0 Å². The van der Waals surface area contributed by atoms with Crippen molar-refractivity contribution in [3.8, 4) is 0 Å². The first-order chi connectivity index (χ1) is 7.95. The fourth-order valence-corrected chi connectivity index (χ4v) is 2.21. The summed E-state index contributed by atoms with van der Waals surface area (Å²) in [5.41, 5.74) is 0. The predicted octanol–water partition coefficient (Wildman–Crippen LogP) is -0.161. The lowest BCUT2D eigenvalue weighted by Crippen LogP contribution is -2.31. The Morgan fingerprint density at radius 2 is 2.06 bits per heavy atom. The molecule has 0 aliphatic heterocycles. The lowest BCUT2D eigenvalue weighted by molar-refractivity contribution is 0.395. The highest BCUT2D eigenvalue weighted by Gasteiger charge is 2.17. The topological polar surface area (TPSA) is 74.6 Å². The monoisotopic (exact) mass is 261 g/mol. The van der Waals surface area contributed by atoms with Crippen molar-refractivity contribution in [2.75, 3.05) is 34.2 Å². The van der Waals surface area contributed by atoms with E-state index < -0.39 is 10.0 Å². The Kier molecular flexibility index (Phi) is 5.13. The number of nitrogens with zero attached hydrogens (tertiary/aromatic N) is 1. The molecular formula is C10H19N3O3S. The number of hydrogen-bond donors (Lipinski definition) is 2. The second kappa shape index (κ2) is 6.15. The molecule has 0 radical (unpaired) electrons. The summed E-state index contributed by atoms with van der Waals surface area (Å²) in [6.45, 7) is 1.51. The van der Waals surface area contributed by atoms with Crippen LogP contribution in [0.2, 0.25) is 0 Å². The van der Waals surface area contributed by atoms with Crippen molar-refractivity contribution in [3.63, 3.8) is 0 Å². The third-order valence-corrected chi connectivity index (χ3v) is 3.44. The van der Waals surface area contributed by atoms with Gasteiger partial charge in [-0.05, 0) is 33.3 Å². The summed E-state index contributed by atoms with van der Waals surface area (Å²) in [6.07, 6.45) is 0. The number of likely N-dealkylation sites (N-methyl/N-ethyl adjacent to an activating group) is 1. The maximum Gasteiger partial charge on any atom is 0.274 e. The summed E-state index contributed by atoms with van der Waals surface area (Å²) in [6, 6.07) is 3.11. The van der Waals surface area contributed by atoms with E-state index in [2.05, 4.69) is 10.0 Å². The number of furan rings is 1. The molecule has 1 aromatic heterocycles. The van der Waals surface area contributed by atoms with E-state index in [1.54, 1.807) is 13.1 Å². The van der Waals surface area contributed by atoms with Crippen molar-refractivity contribution in [1.29, 1.82) is 0 Å². The average Bonchev–Trinajstić information content (AvgIpc) is 2.66. The van der Waals surface area contributed by atoms with Crippen molar-refractivity contribution in [1.82, 2.24) is 14.9 Å². The third-order valence-electron chi connectivity index (χ3n) is 2.10. The maximum absolute atomic E-state index is 11.8. The molecule has 17 heavy (non-hydrogen) atoms. The lowest BCUT2D eigenvalue weighted by atomic mass is 10.4. The first kappa shape index (κ1) is 14.2. The molecule has 1 rings (SSSR count). The molecule has 0 atom stereocenters. The number of nitrogens with one attached hydrogen (secondary N) is 2. The summed E-state index contributed by atoms with van der Waals surface area (Å²) in [5.74, 6) is 0.598. The van der Waals surface area contributed by atoms with Gasteiger partial charge in [0.2, 0.25) is 5.09 Å². The highest BCUT2D eigenvalue weighted by Crippen LogP contribution is 2.13. The van der Waals surface area contributed by atoms with Gasteiger partial charge >= 0.3 is 0 Å². The predicted molar refractivity (Wildman–Crippen MR) is 65.2 cm³/mol. The van der Waals surface area contributed by atoms with Crippen LogP contribution in [0.25, 0.3) is 0 Å². The zero-order valence-corrected chi connectivity index (χ0v) is 11.2. The molecular weight excluding hydrogens is 242 g/mol. The second-order valence-corrected chi connectivity index (χ2v) is 5.65. The molecule has 98 valence electrons. The Labute approximate surface area is 102 Å². The summed E-state index contributed by atoms with van der Waals surface area (Å²) in [4.78, 5) is 1.90. The Hall–Kier alpha value is -0.890. The van der Waals surface area contributed by atoms with Crippen LogP contribution in [0.5, 0.6) is 0 Å². The molecule has 0 fully saturated rings. The Bertz CT molecular complexity index is 439. The van der Waals surface area contributed by atoms with Crippen LogP contribution < -0.4 is 10.0 Å². The fourth-order valence-electron chi connectivity index (χ4n) is 1.25. The molecule has 1 aromatic rings. The van der Waals surface area contributed by atoms with Gasteiger partial charge in [0.05, 0.1) is 6.54 Å². The molecule has 7 heteroatoms. The van der Waals surface area contributed by atoms with Crippen molar-refractivity contribution < 1.29 is 12.8 Å². The zero-order valence-electron chi connectivity index (χ0n) is 10.4. The van der Waals surface area contributed by atoms with Gasteiger partial charge in [0.25, 0.3) is 10.0 Å². The van der Waals surface area contributed by atoms with Gasteiger partial charge in [-0.1, -0.05) is 0 Å². The van der Waals surface area contributed by atoms with Crippen molar-refractivity contribution in [3.05, 3.63) is 17.9 Å². The zero-order chi connectivity index (χ0) is 12.9. The summed E-state index contributed by atoms with van der Waals surface area (Å²) in [5, 5.41) is 2.85. The van der Waals surface area contributed by atoms with Gasteiger partial charge in [0, 0.05) is 13.1 Å². The van der Waals surface area contributed by atoms with Crippen LogP contribution in [0.1, 0.15) is 5.76 Å². The molecule has 0 amide bonds. The highest BCUT2D eigenvalue weighted by molar-refractivity contribution is 7.89. The van der Waals surface area contributed by atoms with E-state index in [0.29, 0.717) is 25.4 Å². The van der Waals surface area contributed by atoms with Crippen LogP contribution in [0.4, 0.5) is 0 Å². The van der Waals surface area contributed by atoms with Gasteiger partial charge in [-0.25, -0.2) is 13.1 Å². The molecule has 0 spiro atoms. The standard InChI is InChI=1S/C10H19N3O3S/c1-11-8-9-4-5-10(16-9)17(14,15)12-6-7-13(2)3/h4-5,11-12H,6-8H2,1-3H3. The summed E-state index contributed by atoms with van der Waals surface area (Å²) >= 11 is 0. The van der Waals surface area contributed by atoms with Gasteiger partial charge in [-0.3, -0.25) is 0 Å². The molecule has 1 heterocycles. The quantitative estimate of drug-likeness (QED) is 0.713. The molecule has 0 unspecified atom stereocenters. The number of hydrogen-bond acceptors (Lipinski definition) is 5. The maximum atomic E-state index is 11.8. The molecule has 0 aliphatic carbocycles. The molecule has 0 saturated carbocycles. The van der Waals surface area contributed by atoms with Crippen LogP contribution in [0.3, 0.4) is 0 Å². The molecule has 6 nitrogen and oxygen atoms in total. The van der Waals surface area contributed by atoms with E-state index in [1.165, 1.54) is 6.07 Å².